The van der Waals surface area contributed by atoms with Crippen LogP contribution in [0.4, 0.5) is 10.1 Å². The van der Waals surface area contributed by atoms with Crippen molar-refractivity contribution in [1.29, 1.82) is 0 Å². The zero-order valence-electron chi connectivity index (χ0n) is 19.5. The van der Waals surface area contributed by atoms with Crippen LogP contribution in [0.1, 0.15) is 60.8 Å². The summed E-state index contributed by atoms with van der Waals surface area (Å²) < 4.78 is 15.9. The van der Waals surface area contributed by atoms with Crippen molar-refractivity contribution < 1.29 is 4.39 Å². The molecule has 4 aliphatic rings. The minimum absolute atomic E-state index is 0.0780. The Morgan fingerprint density at radius 3 is 2.71 bits per heavy atom. The van der Waals surface area contributed by atoms with Crippen molar-refractivity contribution in [2.24, 2.45) is 11.1 Å². The van der Waals surface area contributed by atoms with Gasteiger partial charge < -0.3 is 15.0 Å². The number of aromatic nitrogens is 5. The standard InChI is InChI=1S/C26H28FN7S/c27-26-14-25(15-26,16-26)9-21(28)17-3-4-22-30-19(13-34(22)12-17)8-23-31-32-24(35-23)18-7-20(11-29-10-18)33-5-1-2-6-33/h3-4,7,10-13,21H,1-2,5-6,8-9,14-16,28H2. The molecule has 0 amide bonds. The van der Waals surface area contributed by atoms with Crippen molar-refractivity contribution in [1.82, 2.24) is 24.6 Å². The summed E-state index contributed by atoms with van der Waals surface area (Å²) in [6.07, 6.45) is 13.9. The molecule has 1 atom stereocenters. The molecule has 7 nitrogen and oxygen atoms in total. The molecule has 1 saturated heterocycles. The summed E-state index contributed by atoms with van der Waals surface area (Å²) >= 11 is 1.59. The van der Waals surface area contributed by atoms with Crippen LogP contribution < -0.4 is 10.6 Å². The number of hydrogen-bond donors (Lipinski definition) is 1. The molecule has 1 unspecified atom stereocenters. The highest BCUT2D eigenvalue weighted by Crippen LogP contribution is 2.71. The highest BCUT2D eigenvalue weighted by molar-refractivity contribution is 7.14. The average molecular weight is 490 g/mol. The molecular formula is C26H28FN7S. The predicted octanol–water partition coefficient (Wildman–Crippen LogP) is 4.72. The third kappa shape index (κ3) is 3.81. The molecule has 2 N–H and O–H groups in total. The third-order valence-corrected chi connectivity index (χ3v) is 8.89. The summed E-state index contributed by atoms with van der Waals surface area (Å²) in [4.78, 5) is 11.6. The van der Waals surface area contributed by atoms with Gasteiger partial charge in [-0.25, -0.2) is 9.37 Å². The molecule has 5 heterocycles. The lowest BCUT2D eigenvalue weighted by atomic mass is 9.40. The quantitative estimate of drug-likeness (QED) is 0.404. The van der Waals surface area contributed by atoms with Gasteiger partial charge in [-0.3, -0.25) is 4.98 Å². The Morgan fingerprint density at radius 1 is 1.09 bits per heavy atom. The molecule has 4 fully saturated rings. The van der Waals surface area contributed by atoms with Gasteiger partial charge in [-0.1, -0.05) is 17.4 Å². The summed E-state index contributed by atoms with van der Waals surface area (Å²) in [5.41, 5.74) is 10.8. The maximum Gasteiger partial charge on any atom is 0.149 e. The monoisotopic (exact) mass is 489 g/mol. The zero-order valence-corrected chi connectivity index (χ0v) is 20.3. The molecule has 3 saturated carbocycles. The van der Waals surface area contributed by atoms with Crippen molar-refractivity contribution in [3.05, 3.63) is 59.3 Å². The number of alkyl halides is 1. The van der Waals surface area contributed by atoms with E-state index in [1.165, 1.54) is 12.8 Å². The van der Waals surface area contributed by atoms with Gasteiger partial charge in [0.05, 0.1) is 17.6 Å². The van der Waals surface area contributed by atoms with Crippen LogP contribution in [-0.4, -0.2) is 43.3 Å². The molecule has 9 heteroatoms. The van der Waals surface area contributed by atoms with Gasteiger partial charge in [0.1, 0.15) is 21.3 Å². The summed E-state index contributed by atoms with van der Waals surface area (Å²) in [6, 6.07) is 6.15. The van der Waals surface area contributed by atoms with E-state index in [2.05, 4.69) is 38.4 Å². The van der Waals surface area contributed by atoms with Gasteiger partial charge in [0.25, 0.3) is 0 Å². The van der Waals surface area contributed by atoms with E-state index in [0.717, 1.165) is 57.7 Å². The van der Waals surface area contributed by atoms with Crippen LogP contribution in [0.3, 0.4) is 0 Å². The molecule has 0 spiro atoms. The maximum absolute atomic E-state index is 13.9. The number of nitrogens with zero attached hydrogens (tertiary/aromatic N) is 6. The minimum Gasteiger partial charge on any atom is -0.370 e. The lowest BCUT2D eigenvalue weighted by Crippen LogP contribution is -2.64. The van der Waals surface area contributed by atoms with Crippen molar-refractivity contribution in [2.45, 2.75) is 56.7 Å². The Balaban J connectivity index is 1.06. The van der Waals surface area contributed by atoms with Gasteiger partial charge in [0, 0.05) is 49.7 Å². The van der Waals surface area contributed by atoms with E-state index in [1.54, 1.807) is 11.3 Å². The van der Waals surface area contributed by atoms with Crippen molar-refractivity contribution in [3.8, 4) is 10.6 Å². The van der Waals surface area contributed by atoms with Crippen molar-refractivity contribution in [2.75, 3.05) is 18.0 Å². The van der Waals surface area contributed by atoms with Gasteiger partial charge in [0.15, 0.2) is 0 Å². The number of nitrogens with two attached hydrogens (primary N) is 1. The second-order valence-electron chi connectivity index (χ2n) is 10.8. The first kappa shape index (κ1) is 21.4. The number of rotatable bonds is 7. The van der Waals surface area contributed by atoms with Gasteiger partial charge >= 0.3 is 0 Å². The number of pyridine rings is 2. The van der Waals surface area contributed by atoms with Crippen LogP contribution in [0, 0.1) is 5.41 Å². The van der Waals surface area contributed by atoms with Crippen LogP contribution in [-0.2, 0) is 6.42 Å². The normalized spacial score (nSPS) is 26.1. The number of halogens is 1. The number of hydrogen-bond acceptors (Lipinski definition) is 7. The van der Waals surface area contributed by atoms with Gasteiger partial charge in [-0.2, -0.15) is 0 Å². The summed E-state index contributed by atoms with van der Waals surface area (Å²) in [7, 11) is 0. The van der Waals surface area contributed by atoms with Crippen LogP contribution in [0.2, 0.25) is 0 Å². The highest BCUT2D eigenvalue weighted by atomic mass is 32.1. The first-order valence-electron chi connectivity index (χ1n) is 12.4. The second kappa shape index (κ2) is 7.80. The fraction of sp³-hybridized carbons (Fsp3) is 0.462. The molecule has 4 aromatic heterocycles. The number of imidazole rings is 1. The Morgan fingerprint density at radius 2 is 1.91 bits per heavy atom. The van der Waals surface area contributed by atoms with Crippen molar-refractivity contribution >= 4 is 22.7 Å². The molecule has 180 valence electrons. The SMILES string of the molecule is NC(CC12CC(F)(C1)C2)c1ccc2nc(Cc3nnc(-c4cncc(N5CCCC5)c4)s3)cn2c1. The lowest BCUT2D eigenvalue weighted by molar-refractivity contribution is -0.218. The molecule has 8 rings (SSSR count). The summed E-state index contributed by atoms with van der Waals surface area (Å²) in [5, 5.41) is 10.7. The van der Waals surface area contributed by atoms with Crippen LogP contribution in [0.5, 0.6) is 0 Å². The van der Waals surface area contributed by atoms with E-state index in [1.807, 2.05) is 29.1 Å². The Kier molecular flexibility index (Phi) is 4.76. The first-order chi connectivity index (χ1) is 17.0. The van der Waals surface area contributed by atoms with Gasteiger partial charge in [-0.15, -0.1) is 10.2 Å². The predicted molar refractivity (Wildman–Crippen MR) is 134 cm³/mol. The molecule has 35 heavy (non-hydrogen) atoms. The third-order valence-electron chi connectivity index (χ3n) is 7.92. The minimum atomic E-state index is -0.874. The highest BCUT2D eigenvalue weighted by Gasteiger charge is 2.68. The van der Waals surface area contributed by atoms with Crippen LogP contribution >= 0.6 is 11.3 Å². The van der Waals surface area contributed by atoms with E-state index in [0.29, 0.717) is 25.7 Å². The Labute approximate surface area is 207 Å². The fourth-order valence-corrected chi connectivity index (χ4v) is 7.15. The van der Waals surface area contributed by atoms with Gasteiger partial charge in [-0.05, 0) is 61.6 Å². The Bertz CT molecular complexity index is 1390. The molecule has 1 aliphatic heterocycles. The van der Waals surface area contributed by atoms with Crippen LogP contribution in [0.15, 0.2) is 43.0 Å². The van der Waals surface area contributed by atoms with Crippen LogP contribution in [0.25, 0.3) is 16.2 Å². The molecular weight excluding hydrogens is 461 g/mol. The molecule has 3 aliphatic carbocycles. The summed E-state index contributed by atoms with van der Waals surface area (Å²) in [5.74, 6) is 0. The molecule has 0 aromatic carbocycles. The lowest BCUT2D eigenvalue weighted by Gasteiger charge is -2.66. The molecule has 2 bridgehead atoms. The van der Waals surface area contributed by atoms with Crippen molar-refractivity contribution in [3.63, 3.8) is 0 Å². The topological polar surface area (TPSA) is 85.2 Å². The van der Waals surface area contributed by atoms with E-state index in [-0.39, 0.29) is 11.5 Å². The number of anilines is 1. The maximum atomic E-state index is 13.9. The van der Waals surface area contributed by atoms with E-state index in [4.69, 9.17) is 10.7 Å². The first-order valence-corrected chi connectivity index (χ1v) is 13.2. The Hall–Kier alpha value is -2.91. The van der Waals surface area contributed by atoms with Gasteiger partial charge in [0.2, 0.25) is 0 Å². The van der Waals surface area contributed by atoms with E-state index < -0.39 is 5.67 Å². The fourth-order valence-electron chi connectivity index (χ4n) is 6.32. The second-order valence-corrected chi connectivity index (χ2v) is 11.8. The molecule has 4 aromatic rings. The van der Waals surface area contributed by atoms with E-state index >= 15 is 0 Å². The molecule has 0 radical (unpaired) electrons. The van der Waals surface area contributed by atoms with E-state index in [9.17, 15) is 4.39 Å². The largest absolute Gasteiger partial charge is 0.370 e. The average Bonchev–Trinajstić information content (AvgIpc) is 3.58. The number of fused-ring (bicyclic) bond motifs is 1. The zero-order chi connectivity index (χ0) is 23.6. The summed E-state index contributed by atoms with van der Waals surface area (Å²) in [6.45, 7) is 2.18. The smallest absolute Gasteiger partial charge is 0.149 e.